The molecular weight excluding hydrogens is 292 g/mol. The van der Waals surface area contributed by atoms with E-state index in [0.29, 0.717) is 19.6 Å². The minimum atomic E-state index is 0.128. The van der Waals surface area contributed by atoms with Crippen LogP contribution in [0, 0.1) is 0 Å². The highest BCUT2D eigenvalue weighted by molar-refractivity contribution is 5.78. The molecule has 0 spiro atoms. The van der Waals surface area contributed by atoms with Crippen molar-refractivity contribution in [2.45, 2.75) is 26.1 Å². The van der Waals surface area contributed by atoms with Crippen LogP contribution < -0.4 is 4.90 Å². The Morgan fingerprint density at radius 2 is 1.87 bits per heavy atom. The molecule has 2 fully saturated rings. The molecule has 2 atom stereocenters. The van der Waals surface area contributed by atoms with Crippen LogP contribution >= 0.6 is 0 Å². The number of morpholine rings is 1. The number of carbonyl (C=O) groups is 1. The van der Waals surface area contributed by atoms with Crippen LogP contribution in [0.5, 0.6) is 0 Å². The number of amides is 1. The third-order valence-corrected chi connectivity index (χ3v) is 4.48. The topological polar surface area (TPSA) is 48.9 Å². The van der Waals surface area contributed by atoms with Gasteiger partial charge in [-0.05, 0) is 26.0 Å². The Hall–Kier alpha value is -1.66. The fourth-order valence-corrected chi connectivity index (χ4v) is 3.35. The van der Waals surface area contributed by atoms with Crippen molar-refractivity contribution in [2.24, 2.45) is 0 Å². The summed E-state index contributed by atoms with van der Waals surface area (Å²) in [6.45, 7) is 9.61. The van der Waals surface area contributed by atoms with E-state index in [9.17, 15) is 4.79 Å². The molecule has 2 saturated heterocycles. The van der Waals surface area contributed by atoms with Crippen molar-refractivity contribution < 1.29 is 9.53 Å². The Morgan fingerprint density at radius 1 is 1.17 bits per heavy atom. The summed E-state index contributed by atoms with van der Waals surface area (Å²) >= 11 is 0. The summed E-state index contributed by atoms with van der Waals surface area (Å²) in [6, 6.07) is 5.99. The molecule has 2 aliphatic heterocycles. The summed E-state index contributed by atoms with van der Waals surface area (Å²) < 4.78 is 5.70. The third kappa shape index (κ3) is 4.20. The van der Waals surface area contributed by atoms with Gasteiger partial charge in [0, 0.05) is 45.5 Å². The lowest BCUT2D eigenvalue weighted by Crippen LogP contribution is -2.54. The number of rotatable bonds is 3. The maximum absolute atomic E-state index is 12.5. The van der Waals surface area contributed by atoms with Crippen LogP contribution in [0.25, 0.3) is 0 Å². The number of aromatic nitrogens is 1. The first kappa shape index (κ1) is 16.2. The second-order valence-electron chi connectivity index (χ2n) is 6.51. The molecule has 6 nitrogen and oxygen atoms in total. The van der Waals surface area contributed by atoms with E-state index in [4.69, 9.17) is 4.74 Å². The van der Waals surface area contributed by atoms with Crippen LogP contribution in [0.3, 0.4) is 0 Å². The molecule has 1 aromatic rings. The average Bonchev–Trinajstić information content (AvgIpc) is 2.55. The van der Waals surface area contributed by atoms with Gasteiger partial charge in [0.1, 0.15) is 5.82 Å². The Kier molecular flexibility index (Phi) is 5.13. The van der Waals surface area contributed by atoms with Crippen LogP contribution in [-0.2, 0) is 9.53 Å². The molecule has 2 unspecified atom stereocenters. The smallest absolute Gasteiger partial charge is 0.236 e. The van der Waals surface area contributed by atoms with E-state index in [0.717, 1.165) is 32.0 Å². The molecule has 0 aromatic carbocycles. The van der Waals surface area contributed by atoms with Gasteiger partial charge in [0.2, 0.25) is 5.91 Å². The first-order valence-corrected chi connectivity index (χ1v) is 8.43. The number of piperazine rings is 1. The zero-order valence-corrected chi connectivity index (χ0v) is 14.0. The van der Waals surface area contributed by atoms with Gasteiger partial charge in [0.25, 0.3) is 0 Å². The SMILES string of the molecule is CC1CN(C(=O)CN2CCN(c3ccccn3)CC2)CC(C)O1. The molecule has 0 N–H and O–H groups in total. The molecule has 0 bridgehead atoms. The second kappa shape index (κ2) is 7.27. The number of carbonyl (C=O) groups excluding carboxylic acids is 1. The Balaban J connectivity index is 1.48. The predicted octanol–water partition coefficient (Wildman–Crippen LogP) is 0.839. The number of anilines is 1. The van der Waals surface area contributed by atoms with Crippen molar-refractivity contribution in [1.29, 1.82) is 0 Å². The van der Waals surface area contributed by atoms with Crippen molar-refractivity contribution in [3.63, 3.8) is 0 Å². The summed E-state index contributed by atoms with van der Waals surface area (Å²) in [5.41, 5.74) is 0. The molecule has 1 amide bonds. The van der Waals surface area contributed by atoms with E-state index < -0.39 is 0 Å². The molecule has 0 aliphatic carbocycles. The number of ether oxygens (including phenoxy) is 1. The fourth-order valence-electron chi connectivity index (χ4n) is 3.35. The Morgan fingerprint density at radius 3 is 2.48 bits per heavy atom. The predicted molar refractivity (Wildman–Crippen MR) is 89.5 cm³/mol. The van der Waals surface area contributed by atoms with Crippen molar-refractivity contribution >= 4 is 11.7 Å². The minimum Gasteiger partial charge on any atom is -0.372 e. The maximum Gasteiger partial charge on any atom is 0.236 e. The van der Waals surface area contributed by atoms with E-state index >= 15 is 0 Å². The normalized spacial score (nSPS) is 26.3. The molecule has 6 heteroatoms. The van der Waals surface area contributed by atoms with Crippen LogP contribution in [0.2, 0.25) is 0 Å². The van der Waals surface area contributed by atoms with Crippen molar-refractivity contribution in [1.82, 2.24) is 14.8 Å². The summed E-state index contributed by atoms with van der Waals surface area (Å²) in [4.78, 5) is 23.4. The molecule has 0 radical (unpaired) electrons. The lowest BCUT2D eigenvalue weighted by molar-refractivity contribution is -0.144. The van der Waals surface area contributed by atoms with Crippen LogP contribution in [-0.4, -0.2) is 78.7 Å². The van der Waals surface area contributed by atoms with Gasteiger partial charge in [-0.3, -0.25) is 9.69 Å². The van der Waals surface area contributed by atoms with Crippen LogP contribution in [0.15, 0.2) is 24.4 Å². The lowest BCUT2D eigenvalue weighted by atomic mass is 10.2. The highest BCUT2D eigenvalue weighted by Gasteiger charge is 2.28. The van der Waals surface area contributed by atoms with Gasteiger partial charge in [0.05, 0.1) is 18.8 Å². The Bertz CT molecular complexity index is 507. The van der Waals surface area contributed by atoms with Crippen LogP contribution in [0.1, 0.15) is 13.8 Å². The highest BCUT2D eigenvalue weighted by atomic mass is 16.5. The maximum atomic E-state index is 12.5. The summed E-state index contributed by atoms with van der Waals surface area (Å²) in [7, 11) is 0. The molecule has 126 valence electrons. The molecule has 23 heavy (non-hydrogen) atoms. The van der Waals surface area contributed by atoms with Crippen molar-refractivity contribution in [3.8, 4) is 0 Å². The fraction of sp³-hybridized carbons (Fsp3) is 0.647. The molecule has 3 heterocycles. The first-order chi connectivity index (χ1) is 11.1. The minimum absolute atomic E-state index is 0.128. The standard InChI is InChI=1S/C17H26N4O2/c1-14-11-21(12-15(2)23-14)17(22)13-19-7-9-20(10-8-19)16-5-3-4-6-18-16/h3-6,14-15H,7-13H2,1-2H3. The van der Waals surface area contributed by atoms with Crippen LogP contribution in [0.4, 0.5) is 5.82 Å². The largest absolute Gasteiger partial charge is 0.372 e. The lowest BCUT2D eigenvalue weighted by Gasteiger charge is -2.38. The van der Waals surface area contributed by atoms with Gasteiger partial charge in [0.15, 0.2) is 0 Å². The quantitative estimate of drug-likeness (QED) is 0.826. The number of hydrogen-bond acceptors (Lipinski definition) is 5. The molecular formula is C17H26N4O2. The second-order valence-corrected chi connectivity index (χ2v) is 6.51. The third-order valence-electron chi connectivity index (χ3n) is 4.48. The first-order valence-electron chi connectivity index (χ1n) is 8.43. The average molecular weight is 318 g/mol. The zero-order chi connectivity index (χ0) is 16.2. The summed E-state index contributed by atoms with van der Waals surface area (Å²) in [5, 5.41) is 0. The van der Waals surface area contributed by atoms with Gasteiger partial charge >= 0.3 is 0 Å². The van der Waals surface area contributed by atoms with Crippen molar-refractivity contribution in [2.75, 3.05) is 50.7 Å². The van der Waals surface area contributed by atoms with Gasteiger partial charge in [-0.15, -0.1) is 0 Å². The van der Waals surface area contributed by atoms with E-state index in [-0.39, 0.29) is 18.1 Å². The van der Waals surface area contributed by atoms with E-state index in [2.05, 4.69) is 14.8 Å². The summed E-state index contributed by atoms with van der Waals surface area (Å²) in [6.07, 6.45) is 2.08. The summed E-state index contributed by atoms with van der Waals surface area (Å²) in [5.74, 6) is 1.24. The Labute approximate surface area is 138 Å². The molecule has 2 aliphatic rings. The van der Waals surface area contributed by atoms with E-state index in [1.807, 2.05) is 43.1 Å². The molecule has 0 saturated carbocycles. The number of pyridine rings is 1. The van der Waals surface area contributed by atoms with E-state index in [1.54, 1.807) is 0 Å². The monoisotopic (exact) mass is 318 g/mol. The number of nitrogens with zero attached hydrogens (tertiary/aromatic N) is 4. The van der Waals surface area contributed by atoms with E-state index in [1.165, 1.54) is 0 Å². The zero-order valence-electron chi connectivity index (χ0n) is 14.0. The van der Waals surface area contributed by atoms with Gasteiger partial charge in [-0.1, -0.05) is 6.07 Å². The van der Waals surface area contributed by atoms with Crippen molar-refractivity contribution in [3.05, 3.63) is 24.4 Å². The molecule has 3 rings (SSSR count). The molecule has 1 aromatic heterocycles. The van der Waals surface area contributed by atoms with Gasteiger partial charge in [-0.2, -0.15) is 0 Å². The highest BCUT2D eigenvalue weighted by Crippen LogP contribution is 2.14. The van der Waals surface area contributed by atoms with Gasteiger partial charge in [-0.25, -0.2) is 4.98 Å². The number of hydrogen-bond donors (Lipinski definition) is 0. The van der Waals surface area contributed by atoms with Gasteiger partial charge < -0.3 is 14.5 Å².